The fraction of sp³-hybridized carbons (Fsp3) is 0.238. The van der Waals surface area contributed by atoms with Crippen LogP contribution in [-0.2, 0) is 16.6 Å². The molecule has 1 atom stereocenters. The summed E-state index contributed by atoms with van der Waals surface area (Å²) in [6.07, 6.45) is -0.353. The molecule has 3 aromatic rings. The molecule has 0 spiro atoms. The highest BCUT2D eigenvalue weighted by atomic mass is 16.6. The summed E-state index contributed by atoms with van der Waals surface area (Å²) in [5.74, 6) is -0.00359. The zero-order valence-corrected chi connectivity index (χ0v) is 16.2. The molecule has 9 heteroatoms. The van der Waals surface area contributed by atoms with Crippen molar-refractivity contribution in [2.24, 2.45) is 7.05 Å². The molecule has 0 saturated carbocycles. The number of amides is 1. The predicted octanol–water partition coefficient (Wildman–Crippen LogP) is 1.05. The van der Waals surface area contributed by atoms with Crippen molar-refractivity contribution in [3.05, 3.63) is 64.6 Å². The first kappa shape index (κ1) is 19.4. The summed E-state index contributed by atoms with van der Waals surface area (Å²) in [4.78, 5) is 36.7. The minimum atomic E-state index is -0.789. The van der Waals surface area contributed by atoms with Crippen molar-refractivity contribution in [3.63, 3.8) is 0 Å². The Morgan fingerprint density at radius 1 is 1.13 bits per heavy atom. The van der Waals surface area contributed by atoms with E-state index in [2.05, 4.69) is 10.4 Å². The number of benzene rings is 2. The molecule has 154 valence electrons. The van der Waals surface area contributed by atoms with Crippen LogP contribution in [0.3, 0.4) is 0 Å². The second-order valence-corrected chi connectivity index (χ2v) is 6.70. The monoisotopic (exact) mass is 409 g/mol. The molecule has 9 nitrogen and oxygen atoms in total. The summed E-state index contributed by atoms with van der Waals surface area (Å²) in [6.45, 7) is 0.0125. The average molecular weight is 409 g/mol. The number of hydrogen-bond donors (Lipinski definition) is 1. The Hall–Kier alpha value is -3.88. The number of ether oxygens (including phenoxy) is 3. The number of fused-ring (bicyclic) bond motifs is 2. The van der Waals surface area contributed by atoms with Crippen LogP contribution in [-0.4, -0.2) is 47.5 Å². The summed E-state index contributed by atoms with van der Waals surface area (Å²) in [5, 5.41) is 7.35. The number of aromatic nitrogens is 2. The molecule has 0 unspecified atom stereocenters. The second kappa shape index (κ2) is 8.24. The van der Waals surface area contributed by atoms with Gasteiger partial charge in [-0.15, -0.1) is 0 Å². The molecular weight excluding hydrogens is 390 g/mol. The number of nitrogens with zero attached hydrogens (tertiary/aromatic N) is 2. The molecule has 2 heterocycles. The van der Waals surface area contributed by atoms with Crippen LogP contribution in [0.25, 0.3) is 10.8 Å². The van der Waals surface area contributed by atoms with Crippen molar-refractivity contribution in [2.45, 2.75) is 6.10 Å². The molecule has 0 saturated heterocycles. The van der Waals surface area contributed by atoms with E-state index in [-0.39, 0.29) is 23.9 Å². The SMILES string of the molecule is Cn1nc(C(=O)OCC(=O)NC[C@@H]2COc3ccccc3O2)c2ccccc2c1=O. The van der Waals surface area contributed by atoms with E-state index in [0.29, 0.717) is 28.9 Å². The van der Waals surface area contributed by atoms with Crippen LogP contribution in [0, 0.1) is 0 Å². The lowest BCUT2D eigenvalue weighted by atomic mass is 10.1. The average Bonchev–Trinajstić information content (AvgIpc) is 2.78. The molecule has 1 aromatic heterocycles. The van der Waals surface area contributed by atoms with Crippen molar-refractivity contribution >= 4 is 22.6 Å². The maximum absolute atomic E-state index is 12.4. The van der Waals surface area contributed by atoms with E-state index in [9.17, 15) is 14.4 Å². The quantitative estimate of drug-likeness (QED) is 0.628. The Labute approximate surface area is 171 Å². The first-order valence-corrected chi connectivity index (χ1v) is 9.31. The van der Waals surface area contributed by atoms with Gasteiger partial charge >= 0.3 is 5.97 Å². The number of esters is 1. The summed E-state index contributed by atoms with van der Waals surface area (Å²) in [6, 6.07) is 13.9. The van der Waals surface area contributed by atoms with Crippen molar-refractivity contribution in [1.82, 2.24) is 15.1 Å². The fourth-order valence-corrected chi connectivity index (χ4v) is 3.09. The molecule has 1 N–H and O–H groups in total. The van der Waals surface area contributed by atoms with Crippen LogP contribution in [0.4, 0.5) is 0 Å². The molecule has 1 amide bonds. The van der Waals surface area contributed by atoms with Crippen LogP contribution >= 0.6 is 0 Å². The van der Waals surface area contributed by atoms with Crippen LogP contribution < -0.4 is 20.3 Å². The van der Waals surface area contributed by atoms with Gasteiger partial charge in [0.05, 0.1) is 11.9 Å². The third-order valence-corrected chi connectivity index (χ3v) is 4.58. The summed E-state index contributed by atoms with van der Waals surface area (Å²) in [7, 11) is 1.45. The molecule has 0 fully saturated rings. The van der Waals surface area contributed by atoms with Crippen LogP contribution in [0.2, 0.25) is 0 Å². The Kier molecular flexibility index (Phi) is 5.34. The summed E-state index contributed by atoms with van der Waals surface area (Å²) in [5.41, 5.74) is -0.350. The van der Waals surface area contributed by atoms with Gasteiger partial charge in [-0.25, -0.2) is 9.48 Å². The fourth-order valence-electron chi connectivity index (χ4n) is 3.09. The molecule has 1 aliphatic heterocycles. The number of nitrogens with one attached hydrogen (secondary N) is 1. The van der Waals surface area contributed by atoms with E-state index in [4.69, 9.17) is 14.2 Å². The molecule has 1 aliphatic rings. The Balaban J connectivity index is 1.34. The van der Waals surface area contributed by atoms with E-state index in [1.165, 1.54) is 7.05 Å². The van der Waals surface area contributed by atoms with Gasteiger partial charge in [0.2, 0.25) is 0 Å². The van der Waals surface area contributed by atoms with E-state index >= 15 is 0 Å². The third-order valence-electron chi connectivity index (χ3n) is 4.58. The largest absolute Gasteiger partial charge is 0.486 e. The first-order valence-electron chi connectivity index (χ1n) is 9.31. The lowest BCUT2D eigenvalue weighted by Gasteiger charge is -2.26. The van der Waals surface area contributed by atoms with Gasteiger partial charge in [-0.3, -0.25) is 9.59 Å². The normalized spacial score (nSPS) is 14.9. The van der Waals surface area contributed by atoms with Crippen LogP contribution in [0.1, 0.15) is 10.5 Å². The third kappa shape index (κ3) is 3.95. The van der Waals surface area contributed by atoms with Gasteiger partial charge in [-0.2, -0.15) is 5.10 Å². The maximum Gasteiger partial charge on any atom is 0.359 e. The number of para-hydroxylation sites is 2. The molecular formula is C21H19N3O6. The standard InChI is InChI=1S/C21H19N3O6/c1-24-20(26)15-7-3-2-6-14(15)19(23-24)21(27)29-12-18(25)22-10-13-11-28-16-8-4-5-9-17(16)30-13/h2-9,13H,10-12H2,1H3,(H,22,25)/t13-/m1/s1. The number of carbonyl (C=O) groups excluding carboxylic acids is 2. The zero-order chi connectivity index (χ0) is 21.1. The predicted molar refractivity (Wildman–Crippen MR) is 107 cm³/mol. The Morgan fingerprint density at radius 3 is 2.63 bits per heavy atom. The van der Waals surface area contributed by atoms with Crippen LogP contribution in [0.5, 0.6) is 11.5 Å². The number of hydrogen-bond acceptors (Lipinski definition) is 7. The highest BCUT2D eigenvalue weighted by Gasteiger charge is 2.22. The van der Waals surface area contributed by atoms with E-state index in [1.54, 1.807) is 36.4 Å². The molecule has 2 aromatic carbocycles. The maximum atomic E-state index is 12.4. The van der Waals surface area contributed by atoms with Crippen molar-refractivity contribution < 1.29 is 23.8 Å². The van der Waals surface area contributed by atoms with E-state index in [0.717, 1.165) is 4.68 Å². The lowest BCUT2D eigenvalue weighted by molar-refractivity contribution is -0.124. The molecule has 4 rings (SSSR count). The van der Waals surface area contributed by atoms with E-state index in [1.807, 2.05) is 12.1 Å². The van der Waals surface area contributed by atoms with Gasteiger partial charge < -0.3 is 19.5 Å². The van der Waals surface area contributed by atoms with Gasteiger partial charge in [0.15, 0.2) is 23.8 Å². The second-order valence-electron chi connectivity index (χ2n) is 6.70. The minimum absolute atomic E-state index is 0.0267. The number of aryl methyl sites for hydroxylation is 1. The first-order chi connectivity index (χ1) is 14.5. The van der Waals surface area contributed by atoms with E-state index < -0.39 is 18.5 Å². The van der Waals surface area contributed by atoms with Crippen LogP contribution in [0.15, 0.2) is 53.3 Å². The van der Waals surface area contributed by atoms with Gasteiger partial charge in [0, 0.05) is 12.4 Å². The minimum Gasteiger partial charge on any atom is -0.486 e. The summed E-state index contributed by atoms with van der Waals surface area (Å²) < 4.78 is 17.5. The molecule has 0 radical (unpaired) electrons. The van der Waals surface area contributed by atoms with Gasteiger partial charge in [0.25, 0.3) is 11.5 Å². The highest BCUT2D eigenvalue weighted by Crippen LogP contribution is 2.30. The number of rotatable bonds is 5. The molecule has 0 bridgehead atoms. The summed E-state index contributed by atoms with van der Waals surface area (Å²) >= 11 is 0. The highest BCUT2D eigenvalue weighted by molar-refractivity contribution is 6.02. The molecule has 30 heavy (non-hydrogen) atoms. The van der Waals surface area contributed by atoms with Crippen molar-refractivity contribution in [3.8, 4) is 11.5 Å². The Morgan fingerprint density at radius 2 is 1.83 bits per heavy atom. The number of carbonyl (C=O) groups is 2. The lowest BCUT2D eigenvalue weighted by Crippen LogP contribution is -2.42. The Bertz CT molecular complexity index is 1170. The van der Waals surface area contributed by atoms with Crippen molar-refractivity contribution in [1.29, 1.82) is 0 Å². The van der Waals surface area contributed by atoms with Gasteiger partial charge in [-0.1, -0.05) is 30.3 Å². The molecule has 0 aliphatic carbocycles. The zero-order valence-electron chi connectivity index (χ0n) is 16.2. The van der Waals surface area contributed by atoms with Gasteiger partial charge in [-0.05, 0) is 18.2 Å². The topological polar surface area (TPSA) is 109 Å². The van der Waals surface area contributed by atoms with Crippen molar-refractivity contribution in [2.75, 3.05) is 19.8 Å². The van der Waals surface area contributed by atoms with Gasteiger partial charge in [0.1, 0.15) is 12.7 Å². The smallest absolute Gasteiger partial charge is 0.359 e.